The second-order valence-electron chi connectivity index (χ2n) is 2.71. The molecule has 0 unspecified atom stereocenters. The van der Waals surface area contributed by atoms with Gasteiger partial charge in [0.1, 0.15) is 0 Å². The maximum absolute atomic E-state index is 10.7. The zero-order valence-corrected chi connectivity index (χ0v) is 9.05. The second kappa shape index (κ2) is 3.87. The topological polar surface area (TPSA) is 50.2 Å². The number of carboxylic acid groups (broad SMARTS) is 1. The lowest BCUT2D eigenvalue weighted by atomic mass is 10.1. The lowest BCUT2D eigenvalue weighted by Crippen LogP contribution is -2.04. The molecule has 0 aromatic carbocycles. The van der Waals surface area contributed by atoms with Crippen molar-refractivity contribution in [3.8, 4) is 0 Å². The molecule has 0 atom stereocenters. The minimum absolute atomic E-state index is 0.254. The first-order valence-corrected chi connectivity index (χ1v) is 4.74. The van der Waals surface area contributed by atoms with Crippen molar-refractivity contribution in [3.63, 3.8) is 0 Å². The molecule has 1 rings (SSSR count). The van der Waals surface area contributed by atoms with Crippen molar-refractivity contribution in [3.05, 3.63) is 27.5 Å². The zero-order valence-electron chi connectivity index (χ0n) is 7.47. The normalized spacial score (nSPS) is 10.1. The smallest absolute Gasteiger partial charge is 0.337 e. The van der Waals surface area contributed by atoms with Crippen molar-refractivity contribution in [1.82, 2.24) is 4.98 Å². The van der Waals surface area contributed by atoms with E-state index in [0.29, 0.717) is 5.69 Å². The van der Waals surface area contributed by atoms with E-state index in [0.717, 1.165) is 16.6 Å². The lowest BCUT2D eigenvalue weighted by Gasteiger charge is -2.05. The second-order valence-corrected chi connectivity index (χ2v) is 3.56. The molecule has 1 aromatic heterocycles. The van der Waals surface area contributed by atoms with Gasteiger partial charge in [0.2, 0.25) is 0 Å². The molecule has 0 aliphatic rings. The number of rotatable bonds is 2. The predicted molar refractivity (Wildman–Crippen MR) is 53.0 cm³/mol. The van der Waals surface area contributed by atoms with Crippen LogP contribution in [0.25, 0.3) is 0 Å². The van der Waals surface area contributed by atoms with Crippen LogP contribution in [0.5, 0.6) is 0 Å². The number of hydrogen-bond acceptors (Lipinski definition) is 2. The van der Waals surface area contributed by atoms with Gasteiger partial charge in [-0.15, -0.1) is 0 Å². The number of pyridine rings is 1. The highest BCUT2D eigenvalue weighted by Gasteiger charge is 2.11. The van der Waals surface area contributed by atoms with E-state index in [1.807, 2.05) is 6.92 Å². The standard InChI is InChI=1S/C9H10BrNO2/c1-3-8-7(10)4-6(9(12)13)5(2)11-8/h4H,3H2,1-2H3,(H,12,13). The summed E-state index contributed by atoms with van der Waals surface area (Å²) < 4.78 is 0.762. The summed E-state index contributed by atoms with van der Waals surface area (Å²) in [5.41, 5.74) is 1.71. The van der Waals surface area contributed by atoms with Gasteiger partial charge in [0.25, 0.3) is 0 Å². The molecule has 1 aromatic rings. The van der Waals surface area contributed by atoms with E-state index in [9.17, 15) is 4.79 Å². The Labute approximate surface area is 84.9 Å². The van der Waals surface area contributed by atoms with E-state index in [4.69, 9.17) is 5.11 Å². The van der Waals surface area contributed by atoms with Gasteiger partial charge in [0, 0.05) is 4.47 Å². The van der Waals surface area contributed by atoms with E-state index in [2.05, 4.69) is 20.9 Å². The molecule has 0 fully saturated rings. The molecular weight excluding hydrogens is 234 g/mol. The van der Waals surface area contributed by atoms with Gasteiger partial charge in [-0.05, 0) is 35.3 Å². The molecule has 0 saturated heterocycles. The Kier molecular flexibility index (Phi) is 3.03. The van der Waals surface area contributed by atoms with E-state index in [-0.39, 0.29) is 5.56 Å². The largest absolute Gasteiger partial charge is 0.478 e. The van der Waals surface area contributed by atoms with Crippen molar-refractivity contribution >= 4 is 21.9 Å². The molecule has 0 radical (unpaired) electrons. The van der Waals surface area contributed by atoms with Crippen LogP contribution >= 0.6 is 15.9 Å². The fourth-order valence-corrected chi connectivity index (χ4v) is 1.69. The number of carboxylic acids is 1. The number of aromatic carboxylic acids is 1. The molecule has 13 heavy (non-hydrogen) atoms. The van der Waals surface area contributed by atoms with E-state index in [1.165, 1.54) is 0 Å². The monoisotopic (exact) mass is 243 g/mol. The molecular formula is C9H10BrNO2. The number of aryl methyl sites for hydroxylation is 2. The fraction of sp³-hybridized carbons (Fsp3) is 0.333. The van der Waals surface area contributed by atoms with Gasteiger partial charge in [-0.2, -0.15) is 0 Å². The predicted octanol–water partition coefficient (Wildman–Crippen LogP) is 2.41. The van der Waals surface area contributed by atoms with Gasteiger partial charge in [0.05, 0.1) is 17.0 Å². The van der Waals surface area contributed by atoms with Crippen LogP contribution in [0.4, 0.5) is 0 Å². The van der Waals surface area contributed by atoms with Gasteiger partial charge >= 0.3 is 5.97 Å². The Morgan fingerprint density at radius 3 is 2.77 bits per heavy atom. The average molecular weight is 244 g/mol. The molecule has 1 N–H and O–H groups in total. The molecule has 0 bridgehead atoms. The van der Waals surface area contributed by atoms with Crippen LogP contribution in [0.2, 0.25) is 0 Å². The summed E-state index contributed by atoms with van der Waals surface area (Å²) in [5.74, 6) is -0.937. The molecule has 0 saturated carbocycles. The third-order valence-electron chi connectivity index (χ3n) is 1.80. The van der Waals surface area contributed by atoms with Crippen molar-refractivity contribution in [2.45, 2.75) is 20.3 Å². The van der Waals surface area contributed by atoms with E-state index in [1.54, 1.807) is 13.0 Å². The van der Waals surface area contributed by atoms with Crippen LogP contribution in [0.1, 0.15) is 28.7 Å². The summed E-state index contributed by atoms with van der Waals surface area (Å²) in [7, 11) is 0. The van der Waals surface area contributed by atoms with Gasteiger partial charge in [-0.25, -0.2) is 4.79 Å². The van der Waals surface area contributed by atoms with Crippen LogP contribution in [0.15, 0.2) is 10.5 Å². The first kappa shape index (κ1) is 10.2. The van der Waals surface area contributed by atoms with Gasteiger partial charge < -0.3 is 5.11 Å². The summed E-state index contributed by atoms with van der Waals surface area (Å²) in [5, 5.41) is 8.79. The summed E-state index contributed by atoms with van der Waals surface area (Å²) in [6.07, 6.45) is 0.793. The Hall–Kier alpha value is -0.900. The molecule has 70 valence electrons. The minimum Gasteiger partial charge on any atom is -0.478 e. The van der Waals surface area contributed by atoms with Crippen LogP contribution < -0.4 is 0 Å². The number of carbonyl (C=O) groups is 1. The number of aromatic nitrogens is 1. The van der Waals surface area contributed by atoms with Gasteiger partial charge in [-0.1, -0.05) is 6.92 Å². The first-order chi connectivity index (χ1) is 6.06. The number of hydrogen-bond donors (Lipinski definition) is 1. The Morgan fingerprint density at radius 1 is 1.69 bits per heavy atom. The third kappa shape index (κ3) is 2.06. The molecule has 3 nitrogen and oxygen atoms in total. The Morgan fingerprint density at radius 2 is 2.31 bits per heavy atom. The quantitative estimate of drug-likeness (QED) is 0.868. The summed E-state index contributed by atoms with van der Waals surface area (Å²) in [4.78, 5) is 14.9. The lowest BCUT2D eigenvalue weighted by molar-refractivity contribution is 0.0695. The minimum atomic E-state index is -0.937. The number of nitrogens with zero attached hydrogens (tertiary/aromatic N) is 1. The highest BCUT2D eigenvalue weighted by molar-refractivity contribution is 9.10. The zero-order chi connectivity index (χ0) is 10.0. The maximum Gasteiger partial charge on any atom is 0.337 e. The highest BCUT2D eigenvalue weighted by Crippen LogP contribution is 2.19. The summed E-state index contributed by atoms with van der Waals surface area (Å²) in [6, 6.07) is 1.60. The average Bonchev–Trinajstić information content (AvgIpc) is 2.07. The molecule has 4 heteroatoms. The third-order valence-corrected chi connectivity index (χ3v) is 2.49. The van der Waals surface area contributed by atoms with Crippen molar-refractivity contribution in [2.24, 2.45) is 0 Å². The molecule has 0 spiro atoms. The molecule has 1 heterocycles. The first-order valence-electron chi connectivity index (χ1n) is 3.95. The Balaban J connectivity index is 3.28. The summed E-state index contributed by atoms with van der Waals surface area (Å²) in [6.45, 7) is 3.68. The van der Waals surface area contributed by atoms with Crippen LogP contribution in [0, 0.1) is 6.92 Å². The van der Waals surface area contributed by atoms with Crippen molar-refractivity contribution in [1.29, 1.82) is 0 Å². The van der Waals surface area contributed by atoms with E-state index >= 15 is 0 Å². The maximum atomic E-state index is 10.7. The van der Waals surface area contributed by atoms with Crippen molar-refractivity contribution in [2.75, 3.05) is 0 Å². The van der Waals surface area contributed by atoms with Crippen LogP contribution in [0.3, 0.4) is 0 Å². The van der Waals surface area contributed by atoms with Gasteiger partial charge in [0.15, 0.2) is 0 Å². The summed E-state index contributed by atoms with van der Waals surface area (Å²) >= 11 is 3.28. The number of halogens is 1. The SMILES string of the molecule is CCc1nc(C)c(C(=O)O)cc1Br. The molecule has 0 aliphatic carbocycles. The van der Waals surface area contributed by atoms with E-state index < -0.39 is 5.97 Å². The Bertz CT molecular complexity index is 350. The fourth-order valence-electron chi connectivity index (χ4n) is 1.09. The highest BCUT2D eigenvalue weighted by atomic mass is 79.9. The molecule has 0 aliphatic heterocycles. The molecule has 0 amide bonds. The van der Waals surface area contributed by atoms with Crippen LogP contribution in [-0.4, -0.2) is 16.1 Å². The van der Waals surface area contributed by atoms with Gasteiger partial charge in [-0.3, -0.25) is 4.98 Å². The van der Waals surface area contributed by atoms with Crippen molar-refractivity contribution < 1.29 is 9.90 Å². The van der Waals surface area contributed by atoms with Crippen LogP contribution in [-0.2, 0) is 6.42 Å².